The molecule has 0 aromatic carbocycles. The minimum atomic E-state index is -3.40. The van der Waals surface area contributed by atoms with Crippen LogP contribution in [0.4, 0.5) is 0 Å². The summed E-state index contributed by atoms with van der Waals surface area (Å²) in [6.45, 7) is 3.67. The Bertz CT molecular complexity index is 395. The van der Waals surface area contributed by atoms with Crippen molar-refractivity contribution in [3.8, 4) is 0 Å². The third kappa shape index (κ3) is 4.24. The molecule has 0 aromatic heterocycles. The van der Waals surface area contributed by atoms with E-state index in [4.69, 9.17) is 9.05 Å². The normalized spacial score (nSPS) is 15.6. The second-order valence-electron chi connectivity index (χ2n) is 3.88. The number of aliphatic hydroxyl groups excluding tert-OH is 1. The fourth-order valence-electron chi connectivity index (χ4n) is 1.74. The van der Waals surface area contributed by atoms with E-state index >= 15 is 0 Å². The van der Waals surface area contributed by atoms with Crippen molar-refractivity contribution in [2.75, 3.05) is 19.8 Å². The van der Waals surface area contributed by atoms with Crippen LogP contribution >= 0.6 is 7.60 Å². The molecule has 0 saturated carbocycles. The summed E-state index contributed by atoms with van der Waals surface area (Å²) in [5.41, 5.74) is 3.93. The molecular weight excluding hydrogens is 251 g/mol. The lowest BCUT2D eigenvalue weighted by molar-refractivity contribution is 0.220. The summed E-state index contributed by atoms with van der Waals surface area (Å²) in [7, 11) is -3.40. The van der Waals surface area contributed by atoms with Gasteiger partial charge in [-0.15, -0.1) is 5.73 Å². The fraction of sp³-hybridized carbons (Fsp3) is 0.615. The zero-order valence-corrected chi connectivity index (χ0v) is 11.9. The lowest BCUT2D eigenvalue weighted by atomic mass is 10.0. The van der Waals surface area contributed by atoms with E-state index in [1.165, 1.54) is 0 Å². The molecule has 0 fully saturated rings. The van der Waals surface area contributed by atoms with E-state index in [0.29, 0.717) is 0 Å². The quantitative estimate of drug-likeness (QED) is 0.594. The molecule has 0 atom stereocenters. The van der Waals surface area contributed by atoms with Gasteiger partial charge in [0.25, 0.3) is 0 Å². The first-order valence-corrected chi connectivity index (χ1v) is 7.86. The highest BCUT2D eigenvalue weighted by Crippen LogP contribution is 2.55. The molecule has 1 aliphatic carbocycles. The van der Waals surface area contributed by atoms with E-state index in [1.54, 1.807) is 13.8 Å². The molecular formula is C13H21O4P. The largest absolute Gasteiger partial charge is 0.391 e. The van der Waals surface area contributed by atoms with E-state index in [0.717, 1.165) is 24.8 Å². The van der Waals surface area contributed by atoms with E-state index in [2.05, 4.69) is 5.73 Å². The van der Waals surface area contributed by atoms with Crippen molar-refractivity contribution in [1.82, 2.24) is 0 Å². The zero-order chi connectivity index (χ0) is 13.4. The summed E-state index contributed by atoms with van der Waals surface area (Å²) in [6.07, 6.45) is 6.96. The summed E-state index contributed by atoms with van der Waals surface area (Å²) in [6, 6.07) is 0. The van der Waals surface area contributed by atoms with Crippen LogP contribution in [-0.2, 0) is 13.6 Å². The summed E-state index contributed by atoms with van der Waals surface area (Å²) in [4.78, 5) is 0. The topological polar surface area (TPSA) is 55.8 Å². The predicted octanol–water partition coefficient (Wildman–Crippen LogP) is 3.39. The molecule has 18 heavy (non-hydrogen) atoms. The smallest absolute Gasteiger partial charge is 0.367 e. The Kier molecular flexibility index (Phi) is 6.62. The lowest BCUT2D eigenvalue weighted by Gasteiger charge is -2.17. The van der Waals surface area contributed by atoms with Gasteiger partial charge in [0.2, 0.25) is 0 Å². The van der Waals surface area contributed by atoms with Crippen LogP contribution in [0, 0.1) is 0 Å². The van der Waals surface area contributed by atoms with Crippen molar-refractivity contribution in [2.24, 2.45) is 0 Å². The standard InChI is InChI=1S/C13H21O4P/c1-3-16-18(15,17-4-2)13(11-14)10-12-8-6-5-7-9-12/h6,8,14H,3-5,7,9,11H2,1-2H3. The first-order valence-electron chi connectivity index (χ1n) is 6.32. The van der Waals surface area contributed by atoms with Crippen LogP contribution < -0.4 is 0 Å². The highest BCUT2D eigenvalue weighted by molar-refractivity contribution is 7.58. The second-order valence-corrected chi connectivity index (χ2v) is 5.93. The number of hydrogen-bond donors (Lipinski definition) is 1. The summed E-state index contributed by atoms with van der Waals surface area (Å²) in [5, 5.41) is 9.59. The van der Waals surface area contributed by atoms with Crippen LogP contribution in [0.5, 0.6) is 0 Å². The third-order valence-electron chi connectivity index (χ3n) is 2.52. The van der Waals surface area contributed by atoms with Crippen molar-refractivity contribution in [2.45, 2.75) is 33.1 Å². The van der Waals surface area contributed by atoms with Crippen molar-refractivity contribution < 1.29 is 18.7 Å². The molecule has 0 unspecified atom stereocenters. The fourth-order valence-corrected chi connectivity index (χ4v) is 3.26. The van der Waals surface area contributed by atoms with Gasteiger partial charge in [-0.2, -0.15) is 0 Å². The van der Waals surface area contributed by atoms with Crippen molar-refractivity contribution in [3.63, 3.8) is 0 Å². The molecule has 0 amide bonds. The molecule has 4 nitrogen and oxygen atoms in total. The van der Waals surface area contributed by atoms with Crippen LogP contribution in [0.15, 0.2) is 28.8 Å². The SMILES string of the molecule is CCOP(=O)(OCC)C(=C=C1C=CCCC1)CO. The molecule has 5 heteroatoms. The molecule has 0 aliphatic heterocycles. The molecule has 1 aliphatic rings. The number of hydrogen-bond acceptors (Lipinski definition) is 4. The molecule has 1 rings (SSSR count). The first kappa shape index (κ1) is 15.4. The zero-order valence-electron chi connectivity index (χ0n) is 11.0. The van der Waals surface area contributed by atoms with Gasteiger partial charge in [-0.3, -0.25) is 4.57 Å². The Balaban J connectivity index is 3.12. The summed E-state index contributed by atoms with van der Waals surface area (Å²) >= 11 is 0. The Morgan fingerprint density at radius 3 is 2.56 bits per heavy atom. The van der Waals surface area contributed by atoms with Crippen molar-refractivity contribution >= 4 is 7.60 Å². The monoisotopic (exact) mass is 272 g/mol. The minimum Gasteiger partial charge on any atom is -0.391 e. The maximum atomic E-state index is 12.5. The van der Waals surface area contributed by atoms with Crippen LogP contribution in [0.25, 0.3) is 0 Å². The van der Waals surface area contributed by atoms with Gasteiger partial charge in [-0.05, 0) is 38.7 Å². The van der Waals surface area contributed by atoms with Crippen LogP contribution in [0.3, 0.4) is 0 Å². The second kappa shape index (κ2) is 7.73. The highest BCUT2D eigenvalue weighted by atomic mass is 31.2. The van der Waals surface area contributed by atoms with Crippen molar-refractivity contribution in [1.29, 1.82) is 0 Å². The predicted molar refractivity (Wildman–Crippen MR) is 71.5 cm³/mol. The van der Waals surface area contributed by atoms with Gasteiger partial charge in [0.15, 0.2) is 0 Å². The average molecular weight is 272 g/mol. The molecule has 0 saturated heterocycles. The van der Waals surface area contributed by atoms with E-state index in [9.17, 15) is 9.67 Å². The molecule has 0 spiro atoms. The van der Waals surface area contributed by atoms with Gasteiger partial charge >= 0.3 is 7.60 Å². The average Bonchev–Trinajstić information content (AvgIpc) is 2.37. The Labute approximate surface area is 109 Å². The number of rotatable bonds is 6. The van der Waals surface area contributed by atoms with E-state index < -0.39 is 7.60 Å². The van der Waals surface area contributed by atoms with E-state index in [1.807, 2.05) is 12.2 Å². The maximum absolute atomic E-state index is 12.5. The minimum absolute atomic E-state index is 0.216. The number of allylic oxidation sites excluding steroid dienone is 2. The van der Waals surface area contributed by atoms with Gasteiger partial charge in [0.05, 0.1) is 19.8 Å². The van der Waals surface area contributed by atoms with Gasteiger partial charge in [0.1, 0.15) is 5.31 Å². The Morgan fingerprint density at radius 2 is 2.11 bits per heavy atom. The van der Waals surface area contributed by atoms with Crippen LogP contribution in [0.1, 0.15) is 33.1 Å². The molecule has 0 aromatic rings. The molecule has 0 bridgehead atoms. The molecule has 1 N–H and O–H groups in total. The van der Waals surface area contributed by atoms with Gasteiger partial charge < -0.3 is 14.2 Å². The molecule has 102 valence electrons. The summed E-state index contributed by atoms with van der Waals surface area (Å²) in [5.74, 6) is 0. The van der Waals surface area contributed by atoms with Gasteiger partial charge in [-0.25, -0.2) is 0 Å². The molecule has 0 heterocycles. The Hall–Kier alpha value is -0.630. The maximum Gasteiger partial charge on any atom is 0.367 e. The number of aliphatic hydroxyl groups is 1. The lowest BCUT2D eigenvalue weighted by Crippen LogP contribution is -2.01. The third-order valence-corrected chi connectivity index (χ3v) is 4.63. The first-order chi connectivity index (χ1) is 8.66. The van der Waals surface area contributed by atoms with Crippen LogP contribution in [0.2, 0.25) is 0 Å². The highest BCUT2D eigenvalue weighted by Gasteiger charge is 2.29. The Morgan fingerprint density at radius 1 is 1.44 bits per heavy atom. The summed E-state index contributed by atoms with van der Waals surface area (Å²) < 4.78 is 22.9. The van der Waals surface area contributed by atoms with Crippen molar-refractivity contribution in [3.05, 3.63) is 28.8 Å². The van der Waals surface area contributed by atoms with Gasteiger partial charge in [0, 0.05) is 0 Å². The van der Waals surface area contributed by atoms with Gasteiger partial charge in [-0.1, -0.05) is 12.2 Å². The van der Waals surface area contributed by atoms with Crippen LogP contribution in [-0.4, -0.2) is 24.9 Å². The van der Waals surface area contributed by atoms with E-state index in [-0.39, 0.29) is 25.1 Å². The molecule has 0 radical (unpaired) electrons.